The molecule has 0 saturated heterocycles. The van der Waals surface area contributed by atoms with E-state index in [1.807, 2.05) is 24.3 Å². The van der Waals surface area contributed by atoms with Crippen LogP contribution in [0.4, 0.5) is 10.1 Å². The highest BCUT2D eigenvalue weighted by molar-refractivity contribution is 5.92. The van der Waals surface area contributed by atoms with E-state index in [1.54, 1.807) is 26.2 Å². The molecule has 0 spiro atoms. The van der Waals surface area contributed by atoms with Crippen LogP contribution in [0.1, 0.15) is 11.1 Å². The summed E-state index contributed by atoms with van der Waals surface area (Å²) >= 11 is 0. The summed E-state index contributed by atoms with van der Waals surface area (Å²) in [5, 5.41) is 5.56. The number of benzene rings is 2. The van der Waals surface area contributed by atoms with Gasteiger partial charge in [-0.25, -0.2) is 4.39 Å². The number of anilines is 1. The van der Waals surface area contributed by atoms with Gasteiger partial charge in [-0.2, -0.15) is 0 Å². The van der Waals surface area contributed by atoms with Gasteiger partial charge in [0.05, 0.1) is 19.3 Å². The van der Waals surface area contributed by atoms with Crippen molar-refractivity contribution in [1.82, 2.24) is 5.32 Å². The third kappa shape index (κ3) is 4.56. The molecule has 0 atom stereocenters. The van der Waals surface area contributed by atoms with E-state index in [9.17, 15) is 9.18 Å². The largest absolute Gasteiger partial charge is 0.497 e. The molecule has 2 aromatic carbocycles. The molecule has 2 N–H and O–H groups in total. The zero-order valence-electron chi connectivity index (χ0n) is 12.7. The molecule has 0 fully saturated rings. The van der Waals surface area contributed by atoms with Gasteiger partial charge < -0.3 is 15.4 Å². The van der Waals surface area contributed by atoms with E-state index in [2.05, 4.69) is 10.6 Å². The van der Waals surface area contributed by atoms with Crippen LogP contribution in [0.5, 0.6) is 5.75 Å². The first-order valence-electron chi connectivity index (χ1n) is 6.98. The number of aryl methyl sites for hydroxylation is 1. The Morgan fingerprint density at radius 1 is 1.23 bits per heavy atom. The summed E-state index contributed by atoms with van der Waals surface area (Å²) in [7, 11) is 1.61. The molecule has 0 aliphatic heterocycles. The monoisotopic (exact) mass is 302 g/mol. The number of methoxy groups -OCH3 is 1. The number of carbonyl (C=O) groups is 1. The Balaban J connectivity index is 1.82. The first kappa shape index (κ1) is 16.0. The van der Waals surface area contributed by atoms with Gasteiger partial charge in [0.1, 0.15) is 11.6 Å². The molecule has 0 unspecified atom stereocenters. The standard InChI is InChI=1S/C17H19FN2O2/c1-12-6-7-16(15(18)8-12)20-17(21)11-19-10-13-4-3-5-14(9-13)22-2/h3-9,19H,10-11H2,1-2H3,(H,20,21). The lowest BCUT2D eigenvalue weighted by molar-refractivity contribution is -0.115. The molecular formula is C17H19FN2O2. The summed E-state index contributed by atoms with van der Waals surface area (Å²) < 4.78 is 18.8. The van der Waals surface area contributed by atoms with E-state index in [-0.39, 0.29) is 18.1 Å². The maximum absolute atomic E-state index is 13.6. The van der Waals surface area contributed by atoms with Crippen molar-refractivity contribution in [2.75, 3.05) is 19.0 Å². The van der Waals surface area contributed by atoms with Crippen LogP contribution in [0.25, 0.3) is 0 Å². The number of hydrogen-bond acceptors (Lipinski definition) is 3. The van der Waals surface area contributed by atoms with E-state index < -0.39 is 5.82 Å². The highest BCUT2D eigenvalue weighted by atomic mass is 19.1. The molecule has 0 saturated carbocycles. The van der Waals surface area contributed by atoms with Gasteiger partial charge in [0.2, 0.25) is 5.91 Å². The summed E-state index contributed by atoms with van der Waals surface area (Å²) in [4.78, 5) is 11.8. The Morgan fingerprint density at radius 2 is 2.05 bits per heavy atom. The molecule has 0 aliphatic rings. The normalized spacial score (nSPS) is 10.3. The van der Waals surface area contributed by atoms with Crippen LogP contribution < -0.4 is 15.4 Å². The summed E-state index contributed by atoms with van der Waals surface area (Å²) in [6, 6.07) is 12.3. The van der Waals surface area contributed by atoms with Gasteiger partial charge in [-0.3, -0.25) is 4.79 Å². The maximum atomic E-state index is 13.6. The second-order valence-electron chi connectivity index (χ2n) is 4.99. The van der Waals surface area contributed by atoms with Crippen molar-refractivity contribution < 1.29 is 13.9 Å². The third-order valence-electron chi connectivity index (χ3n) is 3.15. The smallest absolute Gasteiger partial charge is 0.238 e. The predicted molar refractivity (Wildman–Crippen MR) is 84.5 cm³/mol. The Labute approximate surface area is 129 Å². The third-order valence-corrected chi connectivity index (χ3v) is 3.15. The summed E-state index contributed by atoms with van der Waals surface area (Å²) in [6.07, 6.45) is 0. The summed E-state index contributed by atoms with van der Waals surface area (Å²) in [5.41, 5.74) is 2.01. The second kappa shape index (κ2) is 7.56. The predicted octanol–water partition coefficient (Wildman–Crippen LogP) is 2.87. The van der Waals surface area contributed by atoms with Crippen LogP contribution in [0.2, 0.25) is 0 Å². The van der Waals surface area contributed by atoms with Crippen LogP contribution in [0.3, 0.4) is 0 Å². The molecule has 0 aromatic heterocycles. The van der Waals surface area contributed by atoms with E-state index in [4.69, 9.17) is 4.74 Å². The molecule has 2 aromatic rings. The van der Waals surface area contributed by atoms with Crippen molar-refractivity contribution in [2.45, 2.75) is 13.5 Å². The number of rotatable bonds is 6. The molecule has 22 heavy (non-hydrogen) atoms. The van der Waals surface area contributed by atoms with Crippen LogP contribution in [-0.4, -0.2) is 19.6 Å². The lowest BCUT2D eigenvalue weighted by Gasteiger charge is -2.09. The number of halogens is 1. The average molecular weight is 302 g/mol. The minimum Gasteiger partial charge on any atom is -0.497 e. The first-order chi connectivity index (χ1) is 10.6. The minimum atomic E-state index is -0.429. The Bertz CT molecular complexity index is 659. The van der Waals surface area contributed by atoms with Crippen molar-refractivity contribution in [3.05, 3.63) is 59.4 Å². The van der Waals surface area contributed by atoms with Crippen molar-refractivity contribution in [1.29, 1.82) is 0 Å². The van der Waals surface area contributed by atoms with E-state index >= 15 is 0 Å². The van der Waals surface area contributed by atoms with Gasteiger partial charge >= 0.3 is 0 Å². The minimum absolute atomic E-state index is 0.102. The van der Waals surface area contributed by atoms with Crippen LogP contribution in [0.15, 0.2) is 42.5 Å². The topological polar surface area (TPSA) is 50.4 Å². The molecule has 0 bridgehead atoms. The molecule has 0 heterocycles. The molecule has 0 aliphatic carbocycles. The van der Waals surface area contributed by atoms with E-state index in [1.165, 1.54) is 6.07 Å². The Kier molecular flexibility index (Phi) is 5.49. The van der Waals surface area contributed by atoms with E-state index in [0.717, 1.165) is 16.9 Å². The number of hydrogen-bond donors (Lipinski definition) is 2. The first-order valence-corrected chi connectivity index (χ1v) is 6.98. The van der Waals surface area contributed by atoms with E-state index in [0.29, 0.717) is 6.54 Å². The fourth-order valence-electron chi connectivity index (χ4n) is 2.02. The van der Waals surface area contributed by atoms with Crippen LogP contribution >= 0.6 is 0 Å². The molecule has 1 amide bonds. The number of ether oxygens (including phenoxy) is 1. The van der Waals surface area contributed by atoms with Gasteiger partial charge in [-0.1, -0.05) is 18.2 Å². The van der Waals surface area contributed by atoms with Gasteiger partial charge in [0.25, 0.3) is 0 Å². The SMILES string of the molecule is COc1cccc(CNCC(=O)Nc2ccc(C)cc2F)c1. The molecule has 0 radical (unpaired) electrons. The average Bonchev–Trinajstić information content (AvgIpc) is 2.50. The summed E-state index contributed by atoms with van der Waals surface area (Å²) in [5.74, 6) is 0.0530. The molecular weight excluding hydrogens is 283 g/mol. The number of carbonyl (C=O) groups excluding carboxylic acids is 1. The summed E-state index contributed by atoms with van der Waals surface area (Å²) in [6.45, 7) is 2.43. The molecule has 2 rings (SSSR count). The fourth-order valence-corrected chi connectivity index (χ4v) is 2.02. The lowest BCUT2D eigenvalue weighted by atomic mass is 10.2. The number of nitrogens with one attached hydrogen (secondary N) is 2. The van der Waals surface area contributed by atoms with Gasteiger partial charge in [0.15, 0.2) is 0 Å². The molecule has 116 valence electrons. The quantitative estimate of drug-likeness (QED) is 0.862. The van der Waals surface area contributed by atoms with Crippen molar-refractivity contribution in [2.24, 2.45) is 0 Å². The molecule has 5 heteroatoms. The fraction of sp³-hybridized carbons (Fsp3) is 0.235. The molecule has 4 nitrogen and oxygen atoms in total. The zero-order chi connectivity index (χ0) is 15.9. The van der Waals surface area contributed by atoms with Crippen molar-refractivity contribution >= 4 is 11.6 Å². The highest BCUT2D eigenvalue weighted by Gasteiger charge is 2.06. The van der Waals surface area contributed by atoms with Crippen LogP contribution in [0, 0.1) is 12.7 Å². The number of amides is 1. The highest BCUT2D eigenvalue weighted by Crippen LogP contribution is 2.15. The Hall–Kier alpha value is -2.40. The lowest BCUT2D eigenvalue weighted by Crippen LogP contribution is -2.28. The van der Waals surface area contributed by atoms with Gasteiger partial charge in [-0.05, 0) is 42.3 Å². The maximum Gasteiger partial charge on any atom is 0.238 e. The van der Waals surface area contributed by atoms with Crippen molar-refractivity contribution in [3.8, 4) is 5.75 Å². The zero-order valence-corrected chi connectivity index (χ0v) is 12.7. The van der Waals surface area contributed by atoms with Crippen LogP contribution in [-0.2, 0) is 11.3 Å². The van der Waals surface area contributed by atoms with Crippen molar-refractivity contribution in [3.63, 3.8) is 0 Å². The van der Waals surface area contributed by atoms with Gasteiger partial charge in [-0.15, -0.1) is 0 Å². The van der Waals surface area contributed by atoms with Gasteiger partial charge in [0, 0.05) is 6.54 Å². The Morgan fingerprint density at radius 3 is 2.77 bits per heavy atom. The second-order valence-corrected chi connectivity index (χ2v) is 4.99.